The first kappa shape index (κ1) is 27.4. The van der Waals surface area contributed by atoms with Crippen LogP contribution < -0.4 is 4.90 Å². The zero-order valence-corrected chi connectivity index (χ0v) is 25.2. The molecule has 8 rings (SSSR count). The van der Waals surface area contributed by atoms with Gasteiger partial charge in [0, 0.05) is 34.4 Å². The summed E-state index contributed by atoms with van der Waals surface area (Å²) in [6.07, 6.45) is 2.09. The summed E-state index contributed by atoms with van der Waals surface area (Å²) in [5.74, 6) is 0. The van der Waals surface area contributed by atoms with Crippen LogP contribution in [0.2, 0.25) is 0 Å². The second kappa shape index (κ2) is 12.1. The van der Waals surface area contributed by atoms with Gasteiger partial charge in [0.05, 0.1) is 11.4 Å². The van der Waals surface area contributed by atoms with E-state index < -0.39 is 0 Å². The first-order valence-electron chi connectivity index (χ1n) is 15.6. The Balaban J connectivity index is 1.21. The van der Waals surface area contributed by atoms with Crippen molar-refractivity contribution in [2.24, 2.45) is 0 Å². The fourth-order valence-corrected chi connectivity index (χ4v) is 6.15. The van der Waals surface area contributed by atoms with E-state index in [2.05, 4.69) is 185 Å². The second-order valence-electron chi connectivity index (χ2n) is 11.3. The number of benzene rings is 6. The smallest absolute Gasteiger partial charge is 0.137 e. The summed E-state index contributed by atoms with van der Waals surface area (Å²) in [5, 5.41) is 0. The SMILES string of the molecule is c1ccc(-c2ccc(N(c3ccc(-c4ccccc4)cc3)c3ccc(-c4c(-c5ccccc5)nc5ccccn45)cc3)cc2)cc1. The summed E-state index contributed by atoms with van der Waals surface area (Å²) >= 11 is 0. The van der Waals surface area contributed by atoms with E-state index in [1.165, 1.54) is 22.3 Å². The van der Waals surface area contributed by atoms with Crippen LogP contribution in [0.5, 0.6) is 0 Å². The Morgan fingerprint density at radius 2 is 0.739 bits per heavy atom. The number of imidazole rings is 1. The van der Waals surface area contributed by atoms with Gasteiger partial charge in [-0.15, -0.1) is 0 Å². The van der Waals surface area contributed by atoms with Gasteiger partial charge in [0.25, 0.3) is 0 Å². The molecule has 6 aromatic carbocycles. The molecule has 0 aliphatic rings. The van der Waals surface area contributed by atoms with Gasteiger partial charge in [0.15, 0.2) is 0 Å². The van der Waals surface area contributed by atoms with Gasteiger partial charge in [-0.05, 0) is 70.8 Å². The molecule has 2 heterocycles. The van der Waals surface area contributed by atoms with Crippen LogP contribution in [-0.2, 0) is 0 Å². The van der Waals surface area contributed by atoms with E-state index in [1.54, 1.807) is 0 Å². The average molecular weight is 590 g/mol. The molecule has 46 heavy (non-hydrogen) atoms. The highest BCUT2D eigenvalue weighted by Crippen LogP contribution is 2.39. The molecule has 0 unspecified atom stereocenters. The molecule has 0 saturated carbocycles. The van der Waals surface area contributed by atoms with E-state index in [1.807, 2.05) is 12.1 Å². The molecule has 0 N–H and O–H groups in total. The van der Waals surface area contributed by atoms with E-state index in [-0.39, 0.29) is 0 Å². The van der Waals surface area contributed by atoms with Crippen molar-refractivity contribution in [3.63, 3.8) is 0 Å². The molecular weight excluding hydrogens is 558 g/mol. The molecule has 0 atom stereocenters. The molecule has 3 nitrogen and oxygen atoms in total. The molecule has 218 valence electrons. The third kappa shape index (κ3) is 5.25. The number of hydrogen-bond donors (Lipinski definition) is 0. The molecule has 0 aliphatic heterocycles. The van der Waals surface area contributed by atoms with E-state index in [0.717, 1.165) is 45.2 Å². The van der Waals surface area contributed by atoms with Crippen molar-refractivity contribution in [2.45, 2.75) is 0 Å². The first-order valence-corrected chi connectivity index (χ1v) is 15.6. The molecule has 0 amide bonds. The Morgan fingerprint density at radius 3 is 1.22 bits per heavy atom. The number of nitrogens with zero attached hydrogens (tertiary/aromatic N) is 3. The van der Waals surface area contributed by atoms with Gasteiger partial charge >= 0.3 is 0 Å². The van der Waals surface area contributed by atoms with E-state index >= 15 is 0 Å². The van der Waals surface area contributed by atoms with E-state index in [9.17, 15) is 0 Å². The monoisotopic (exact) mass is 589 g/mol. The van der Waals surface area contributed by atoms with Gasteiger partial charge in [0.2, 0.25) is 0 Å². The topological polar surface area (TPSA) is 20.5 Å². The standard InChI is InChI=1S/C43H31N3/c1-4-12-32(13-5-1)34-19-25-38(26-20-34)46(39-27-21-35(22-28-39)33-14-6-2-7-15-33)40-29-23-37(24-30-40)43-42(36-16-8-3-9-17-36)44-41-18-10-11-31-45(41)43/h1-31H. The van der Waals surface area contributed by atoms with Crippen LogP contribution in [0, 0.1) is 0 Å². The van der Waals surface area contributed by atoms with Crippen molar-refractivity contribution >= 4 is 22.7 Å². The summed E-state index contributed by atoms with van der Waals surface area (Å²) in [6, 6.07) is 64.1. The third-order valence-electron chi connectivity index (χ3n) is 8.44. The molecule has 0 bridgehead atoms. The predicted molar refractivity (Wildman–Crippen MR) is 192 cm³/mol. The third-order valence-corrected chi connectivity index (χ3v) is 8.44. The van der Waals surface area contributed by atoms with Crippen LogP contribution in [0.4, 0.5) is 17.1 Å². The lowest BCUT2D eigenvalue weighted by atomic mass is 10.0. The zero-order chi connectivity index (χ0) is 30.7. The molecule has 0 aliphatic carbocycles. The summed E-state index contributed by atoms with van der Waals surface area (Å²) in [4.78, 5) is 7.35. The van der Waals surface area contributed by atoms with Gasteiger partial charge < -0.3 is 4.90 Å². The summed E-state index contributed by atoms with van der Waals surface area (Å²) < 4.78 is 2.18. The molecular formula is C43H31N3. The molecule has 0 radical (unpaired) electrons. The van der Waals surface area contributed by atoms with Gasteiger partial charge in [0.1, 0.15) is 5.65 Å². The summed E-state index contributed by atoms with van der Waals surface area (Å²) in [5.41, 5.74) is 13.3. The van der Waals surface area contributed by atoms with Crippen LogP contribution in [0.25, 0.3) is 50.4 Å². The van der Waals surface area contributed by atoms with Crippen molar-refractivity contribution in [1.29, 1.82) is 0 Å². The largest absolute Gasteiger partial charge is 0.311 e. The minimum atomic E-state index is 0.930. The van der Waals surface area contributed by atoms with Crippen molar-refractivity contribution in [2.75, 3.05) is 4.90 Å². The zero-order valence-electron chi connectivity index (χ0n) is 25.2. The summed E-state index contributed by atoms with van der Waals surface area (Å²) in [7, 11) is 0. The molecule has 0 saturated heterocycles. The Hall–Kier alpha value is -6.19. The van der Waals surface area contributed by atoms with E-state index in [4.69, 9.17) is 4.98 Å². The minimum absolute atomic E-state index is 0.930. The van der Waals surface area contributed by atoms with Gasteiger partial charge in [-0.3, -0.25) is 4.40 Å². The lowest BCUT2D eigenvalue weighted by Crippen LogP contribution is -2.09. The number of fused-ring (bicyclic) bond motifs is 1. The van der Waals surface area contributed by atoms with E-state index in [0.29, 0.717) is 0 Å². The average Bonchev–Trinajstić information content (AvgIpc) is 3.54. The predicted octanol–water partition coefficient (Wildman–Crippen LogP) is 11.5. The normalized spacial score (nSPS) is 11.0. The van der Waals surface area contributed by atoms with Crippen LogP contribution in [-0.4, -0.2) is 9.38 Å². The Labute approximate surface area is 269 Å². The Kier molecular flexibility index (Phi) is 7.18. The van der Waals surface area contributed by atoms with Crippen LogP contribution >= 0.6 is 0 Å². The second-order valence-corrected chi connectivity index (χ2v) is 11.3. The van der Waals surface area contributed by atoms with Gasteiger partial charge in [-0.25, -0.2) is 4.98 Å². The van der Waals surface area contributed by atoms with Crippen molar-refractivity contribution < 1.29 is 0 Å². The molecule has 2 aromatic heterocycles. The highest BCUT2D eigenvalue weighted by Gasteiger charge is 2.18. The van der Waals surface area contributed by atoms with Gasteiger partial charge in [-0.2, -0.15) is 0 Å². The van der Waals surface area contributed by atoms with Crippen LogP contribution in [0.15, 0.2) is 188 Å². The number of hydrogen-bond acceptors (Lipinski definition) is 2. The fraction of sp³-hybridized carbons (Fsp3) is 0. The quantitative estimate of drug-likeness (QED) is 0.184. The molecule has 3 heteroatoms. The number of anilines is 3. The highest BCUT2D eigenvalue weighted by molar-refractivity contribution is 5.85. The Morgan fingerprint density at radius 1 is 0.348 bits per heavy atom. The lowest BCUT2D eigenvalue weighted by molar-refractivity contribution is 1.19. The van der Waals surface area contributed by atoms with Crippen LogP contribution in [0.1, 0.15) is 0 Å². The molecule has 0 spiro atoms. The van der Waals surface area contributed by atoms with Crippen molar-refractivity contribution in [1.82, 2.24) is 9.38 Å². The van der Waals surface area contributed by atoms with Gasteiger partial charge in [-0.1, -0.05) is 133 Å². The fourth-order valence-electron chi connectivity index (χ4n) is 6.15. The Bertz CT molecular complexity index is 2120. The van der Waals surface area contributed by atoms with Crippen molar-refractivity contribution in [3.05, 3.63) is 188 Å². The highest BCUT2D eigenvalue weighted by atomic mass is 15.1. The number of pyridine rings is 1. The first-order chi connectivity index (χ1) is 22.8. The maximum Gasteiger partial charge on any atom is 0.137 e. The van der Waals surface area contributed by atoms with Crippen LogP contribution in [0.3, 0.4) is 0 Å². The molecule has 0 fully saturated rings. The van der Waals surface area contributed by atoms with Crippen molar-refractivity contribution in [3.8, 4) is 44.8 Å². The lowest BCUT2D eigenvalue weighted by Gasteiger charge is -2.26. The number of aromatic nitrogens is 2. The number of rotatable bonds is 7. The minimum Gasteiger partial charge on any atom is -0.311 e. The maximum absolute atomic E-state index is 5.03. The summed E-state index contributed by atoms with van der Waals surface area (Å²) in [6.45, 7) is 0. The molecule has 8 aromatic rings. The maximum atomic E-state index is 5.03.